The first-order chi connectivity index (χ1) is 8.69. The van der Waals surface area contributed by atoms with E-state index in [0.29, 0.717) is 11.9 Å². The van der Waals surface area contributed by atoms with Gasteiger partial charge in [-0.05, 0) is 18.2 Å². The zero-order valence-corrected chi connectivity index (χ0v) is 12.5. The maximum atomic E-state index is 5.01. The molecular weight excluding hydrogens is 264 g/mol. The lowest BCUT2D eigenvalue weighted by Crippen LogP contribution is -2.06. The summed E-state index contributed by atoms with van der Waals surface area (Å²) >= 11 is 3.58. The Kier molecular flexibility index (Phi) is 4.86. The molecule has 98 valence electrons. The van der Waals surface area contributed by atoms with Gasteiger partial charge in [0.25, 0.3) is 0 Å². The van der Waals surface area contributed by atoms with Gasteiger partial charge in [-0.3, -0.25) is 0 Å². The molecule has 0 aliphatic heterocycles. The van der Waals surface area contributed by atoms with E-state index in [1.165, 1.54) is 9.60 Å². The normalized spacial score (nSPS) is 11.3. The zero-order valence-electron chi connectivity index (χ0n) is 10.9. The molecule has 1 aromatic carbocycles. The van der Waals surface area contributed by atoms with Crippen molar-refractivity contribution in [3.05, 3.63) is 18.2 Å². The molecule has 1 heterocycles. The van der Waals surface area contributed by atoms with Crippen LogP contribution in [0.1, 0.15) is 13.8 Å². The number of thiazole rings is 1. The first-order valence-electron chi connectivity index (χ1n) is 5.99. The molecule has 0 bridgehead atoms. The molecule has 0 saturated heterocycles. The summed E-state index contributed by atoms with van der Waals surface area (Å²) in [5.74, 6) is 0. The molecule has 5 heteroatoms. The summed E-state index contributed by atoms with van der Waals surface area (Å²) in [7, 11) is 1.70. The van der Waals surface area contributed by atoms with Crippen molar-refractivity contribution in [3.8, 4) is 0 Å². The number of benzene rings is 1. The van der Waals surface area contributed by atoms with Crippen molar-refractivity contribution in [2.24, 2.45) is 0 Å². The summed E-state index contributed by atoms with van der Waals surface area (Å²) in [6.07, 6.45) is 0. The van der Waals surface area contributed by atoms with Crippen molar-refractivity contribution in [2.45, 2.75) is 24.0 Å². The van der Waals surface area contributed by atoms with Gasteiger partial charge in [-0.25, -0.2) is 4.98 Å². The fourth-order valence-electron chi connectivity index (χ4n) is 1.59. The number of thioether (sulfide) groups is 1. The van der Waals surface area contributed by atoms with Gasteiger partial charge in [-0.15, -0.1) is 11.8 Å². The highest BCUT2D eigenvalue weighted by molar-refractivity contribution is 7.99. The summed E-state index contributed by atoms with van der Waals surface area (Å²) in [4.78, 5) is 5.86. The van der Waals surface area contributed by atoms with Crippen LogP contribution in [0.25, 0.3) is 10.2 Å². The Hall–Kier alpha value is -0.780. The number of fused-ring (bicyclic) bond motifs is 1. The fraction of sp³-hybridized carbons (Fsp3) is 0.462. The standard InChI is InChI=1S/C13H18N2OS2/c1-9(2)17-10-4-5-11-12(8-10)18-13(15-11)14-6-7-16-3/h4-5,8-9H,6-7H2,1-3H3,(H,14,15). The number of nitrogens with one attached hydrogen (secondary N) is 1. The van der Waals surface area contributed by atoms with Crippen LogP contribution in [-0.4, -0.2) is 30.5 Å². The molecular formula is C13H18N2OS2. The summed E-state index contributed by atoms with van der Waals surface area (Å²) < 4.78 is 6.25. The Labute approximate surface area is 116 Å². The minimum atomic E-state index is 0.606. The van der Waals surface area contributed by atoms with Crippen LogP contribution in [0.4, 0.5) is 5.13 Å². The SMILES string of the molecule is COCCNc1nc2ccc(SC(C)C)cc2s1. The Balaban J connectivity index is 2.12. The summed E-state index contributed by atoms with van der Waals surface area (Å²) in [5.41, 5.74) is 1.06. The highest BCUT2D eigenvalue weighted by Gasteiger charge is 2.05. The lowest BCUT2D eigenvalue weighted by Gasteiger charge is -2.03. The number of anilines is 1. The molecule has 0 radical (unpaired) electrons. The first-order valence-corrected chi connectivity index (χ1v) is 7.68. The molecule has 2 aromatic rings. The zero-order chi connectivity index (χ0) is 13.0. The number of nitrogens with zero attached hydrogens (tertiary/aromatic N) is 1. The largest absolute Gasteiger partial charge is 0.383 e. The Morgan fingerprint density at radius 1 is 1.44 bits per heavy atom. The third-order valence-corrected chi connectivity index (χ3v) is 4.29. The molecule has 18 heavy (non-hydrogen) atoms. The predicted octanol–water partition coefficient (Wildman–Crippen LogP) is 3.86. The van der Waals surface area contributed by atoms with Crippen LogP contribution >= 0.6 is 23.1 Å². The molecule has 0 aliphatic carbocycles. The molecule has 1 aromatic heterocycles. The van der Waals surface area contributed by atoms with E-state index in [1.54, 1.807) is 18.4 Å². The molecule has 0 aliphatic rings. The summed E-state index contributed by atoms with van der Waals surface area (Å²) in [5, 5.41) is 4.84. The van der Waals surface area contributed by atoms with Gasteiger partial charge in [0.1, 0.15) is 0 Å². The van der Waals surface area contributed by atoms with E-state index < -0.39 is 0 Å². The van der Waals surface area contributed by atoms with Crippen LogP contribution < -0.4 is 5.32 Å². The molecule has 0 unspecified atom stereocenters. The van der Waals surface area contributed by atoms with Gasteiger partial charge in [0, 0.05) is 23.8 Å². The number of rotatable bonds is 6. The van der Waals surface area contributed by atoms with Crippen LogP contribution in [0.2, 0.25) is 0 Å². The van der Waals surface area contributed by atoms with Gasteiger partial charge >= 0.3 is 0 Å². The van der Waals surface area contributed by atoms with Gasteiger partial charge in [0.15, 0.2) is 5.13 Å². The number of hydrogen-bond acceptors (Lipinski definition) is 5. The molecule has 0 spiro atoms. The molecule has 0 amide bonds. The summed E-state index contributed by atoms with van der Waals surface area (Å²) in [6, 6.07) is 6.46. The predicted molar refractivity (Wildman–Crippen MR) is 81.0 cm³/mol. The second-order valence-corrected chi connectivity index (χ2v) is 6.92. The molecule has 3 nitrogen and oxygen atoms in total. The fourth-order valence-corrected chi connectivity index (χ4v) is 3.47. The van der Waals surface area contributed by atoms with E-state index >= 15 is 0 Å². The lowest BCUT2D eigenvalue weighted by molar-refractivity contribution is 0.211. The first kappa shape index (κ1) is 13.6. The van der Waals surface area contributed by atoms with E-state index in [0.717, 1.165) is 17.2 Å². The van der Waals surface area contributed by atoms with Crippen molar-refractivity contribution in [1.82, 2.24) is 4.98 Å². The van der Waals surface area contributed by atoms with Crippen molar-refractivity contribution in [1.29, 1.82) is 0 Å². The number of hydrogen-bond donors (Lipinski definition) is 1. The van der Waals surface area contributed by atoms with Gasteiger partial charge < -0.3 is 10.1 Å². The smallest absolute Gasteiger partial charge is 0.183 e. The summed E-state index contributed by atoms with van der Waals surface area (Å²) in [6.45, 7) is 5.91. The third kappa shape index (κ3) is 3.60. The Morgan fingerprint density at radius 2 is 2.28 bits per heavy atom. The highest BCUT2D eigenvalue weighted by Crippen LogP contribution is 2.31. The van der Waals surface area contributed by atoms with E-state index in [1.807, 2.05) is 11.8 Å². The molecule has 0 atom stereocenters. The van der Waals surface area contributed by atoms with E-state index in [2.05, 4.69) is 42.3 Å². The maximum absolute atomic E-state index is 5.01. The second-order valence-electron chi connectivity index (χ2n) is 4.23. The van der Waals surface area contributed by atoms with Crippen molar-refractivity contribution in [2.75, 3.05) is 25.6 Å². The van der Waals surface area contributed by atoms with Crippen molar-refractivity contribution >= 4 is 38.4 Å². The van der Waals surface area contributed by atoms with Crippen LogP contribution in [0.15, 0.2) is 23.1 Å². The third-order valence-electron chi connectivity index (χ3n) is 2.31. The minimum Gasteiger partial charge on any atom is -0.383 e. The highest BCUT2D eigenvalue weighted by atomic mass is 32.2. The van der Waals surface area contributed by atoms with E-state index in [-0.39, 0.29) is 0 Å². The lowest BCUT2D eigenvalue weighted by atomic mass is 10.3. The van der Waals surface area contributed by atoms with Gasteiger partial charge in [0.05, 0.1) is 16.8 Å². The number of methoxy groups -OCH3 is 1. The molecule has 0 fully saturated rings. The van der Waals surface area contributed by atoms with E-state index in [9.17, 15) is 0 Å². The van der Waals surface area contributed by atoms with Crippen LogP contribution in [0, 0.1) is 0 Å². The van der Waals surface area contributed by atoms with Gasteiger partial charge in [0.2, 0.25) is 0 Å². The van der Waals surface area contributed by atoms with Gasteiger partial charge in [-0.2, -0.15) is 0 Å². The van der Waals surface area contributed by atoms with Crippen LogP contribution in [0.5, 0.6) is 0 Å². The maximum Gasteiger partial charge on any atom is 0.183 e. The average molecular weight is 282 g/mol. The Morgan fingerprint density at radius 3 is 3.00 bits per heavy atom. The minimum absolute atomic E-state index is 0.606. The topological polar surface area (TPSA) is 34.1 Å². The molecule has 1 N–H and O–H groups in total. The Bertz CT molecular complexity index is 511. The van der Waals surface area contributed by atoms with E-state index in [4.69, 9.17) is 4.74 Å². The monoisotopic (exact) mass is 282 g/mol. The molecule has 2 rings (SSSR count). The van der Waals surface area contributed by atoms with Gasteiger partial charge in [-0.1, -0.05) is 25.2 Å². The van der Waals surface area contributed by atoms with Crippen LogP contribution in [0.3, 0.4) is 0 Å². The molecule has 0 saturated carbocycles. The number of ether oxygens (including phenoxy) is 1. The quantitative estimate of drug-likeness (QED) is 0.644. The number of aromatic nitrogens is 1. The average Bonchev–Trinajstić information content (AvgIpc) is 2.70. The van der Waals surface area contributed by atoms with Crippen LogP contribution in [-0.2, 0) is 4.74 Å². The van der Waals surface area contributed by atoms with Crippen molar-refractivity contribution in [3.63, 3.8) is 0 Å². The van der Waals surface area contributed by atoms with Crippen molar-refractivity contribution < 1.29 is 4.74 Å². The second kappa shape index (κ2) is 6.41.